The Labute approximate surface area is 114 Å². The maximum absolute atomic E-state index is 12.0. The normalized spacial score (nSPS) is 28.4. The van der Waals surface area contributed by atoms with Crippen molar-refractivity contribution in [3.63, 3.8) is 0 Å². The second-order valence-electron chi connectivity index (χ2n) is 6.26. The van der Waals surface area contributed by atoms with Crippen molar-refractivity contribution in [2.24, 2.45) is 17.3 Å². The van der Waals surface area contributed by atoms with Crippen LogP contribution in [-0.2, 0) is 9.59 Å². The lowest BCUT2D eigenvalue weighted by atomic mass is 9.97. The summed E-state index contributed by atoms with van der Waals surface area (Å²) in [6.07, 6.45) is 7.99. The summed E-state index contributed by atoms with van der Waals surface area (Å²) in [6, 6.07) is 0. The van der Waals surface area contributed by atoms with Crippen LogP contribution in [0.25, 0.3) is 0 Å². The number of rotatable bonds is 5. The van der Waals surface area contributed by atoms with Crippen LogP contribution in [0.3, 0.4) is 0 Å². The SMILES string of the molecule is CC1(C)C(C(=O)O)C1C(=O)NCCC1=CCCCC1. The zero-order valence-electron chi connectivity index (χ0n) is 11.7. The van der Waals surface area contributed by atoms with Gasteiger partial charge in [0.15, 0.2) is 0 Å². The number of carbonyl (C=O) groups is 2. The molecule has 0 radical (unpaired) electrons. The summed E-state index contributed by atoms with van der Waals surface area (Å²) in [6.45, 7) is 4.32. The highest BCUT2D eigenvalue weighted by Gasteiger charge is 2.65. The van der Waals surface area contributed by atoms with E-state index in [1.54, 1.807) is 0 Å². The van der Waals surface area contributed by atoms with Crippen molar-refractivity contribution in [3.05, 3.63) is 11.6 Å². The van der Waals surface area contributed by atoms with Gasteiger partial charge in [-0.3, -0.25) is 9.59 Å². The van der Waals surface area contributed by atoms with E-state index in [9.17, 15) is 9.59 Å². The first-order chi connectivity index (χ1) is 8.94. The number of hydrogen-bond acceptors (Lipinski definition) is 2. The van der Waals surface area contributed by atoms with E-state index in [0.717, 1.165) is 19.3 Å². The van der Waals surface area contributed by atoms with Crippen molar-refractivity contribution in [3.8, 4) is 0 Å². The molecule has 0 aromatic rings. The lowest BCUT2D eigenvalue weighted by molar-refractivity contribution is -0.140. The molecule has 2 unspecified atom stereocenters. The molecule has 19 heavy (non-hydrogen) atoms. The van der Waals surface area contributed by atoms with E-state index >= 15 is 0 Å². The summed E-state index contributed by atoms with van der Waals surface area (Å²) in [5.41, 5.74) is 1.02. The molecular weight excluding hydrogens is 242 g/mol. The predicted molar refractivity (Wildman–Crippen MR) is 72.6 cm³/mol. The van der Waals surface area contributed by atoms with Gasteiger partial charge in [0.1, 0.15) is 0 Å². The second-order valence-corrected chi connectivity index (χ2v) is 6.26. The Bertz CT molecular complexity index is 412. The lowest BCUT2D eigenvalue weighted by Gasteiger charge is -2.13. The molecule has 0 heterocycles. The minimum atomic E-state index is -0.861. The largest absolute Gasteiger partial charge is 0.481 e. The first-order valence-corrected chi connectivity index (χ1v) is 7.13. The number of hydrogen-bond donors (Lipinski definition) is 2. The molecule has 2 atom stereocenters. The molecule has 1 amide bonds. The van der Waals surface area contributed by atoms with Gasteiger partial charge in [-0.1, -0.05) is 25.5 Å². The van der Waals surface area contributed by atoms with Crippen LogP contribution in [0.1, 0.15) is 46.0 Å². The topological polar surface area (TPSA) is 66.4 Å². The number of allylic oxidation sites excluding steroid dienone is 1. The highest BCUT2D eigenvalue weighted by Crippen LogP contribution is 2.58. The maximum Gasteiger partial charge on any atom is 0.307 e. The second kappa shape index (κ2) is 5.35. The lowest BCUT2D eigenvalue weighted by Crippen LogP contribution is -2.28. The molecule has 4 heteroatoms. The fraction of sp³-hybridized carbons (Fsp3) is 0.733. The van der Waals surface area contributed by atoms with Crippen molar-refractivity contribution >= 4 is 11.9 Å². The molecule has 0 saturated heterocycles. The third-order valence-corrected chi connectivity index (χ3v) is 4.51. The Morgan fingerprint density at radius 3 is 2.63 bits per heavy atom. The number of aliphatic carboxylic acids is 1. The Hall–Kier alpha value is -1.32. The molecule has 1 fully saturated rings. The van der Waals surface area contributed by atoms with Gasteiger partial charge in [-0.2, -0.15) is 0 Å². The molecule has 2 N–H and O–H groups in total. The van der Waals surface area contributed by atoms with Gasteiger partial charge in [0.2, 0.25) is 5.91 Å². The van der Waals surface area contributed by atoms with Crippen LogP contribution >= 0.6 is 0 Å². The molecule has 2 rings (SSSR count). The Balaban J connectivity index is 1.76. The smallest absolute Gasteiger partial charge is 0.307 e. The molecule has 0 aliphatic heterocycles. The van der Waals surface area contributed by atoms with E-state index < -0.39 is 17.3 Å². The third-order valence-electron chi connectivity index (χ3n) is 4.51. The summed E-state index contributed by atoms with van der Waals surface area (Å²) < 4.78 is 0. The molecule has 2 aliphatic rings. The zero-order valence-corrected chi connectivity index (χ0v) is 11.7. The summed E-state index contributed by atoms with van der Waals surface area (Å²) in [5.74, 6) is -1.86. The standard InChI is InChI=1S/C15H23NO3/c1-15(2)11(12(15)14(18)19)13(17)16-9-8-10-6-4-3-5-7-10/h6,11-12H,3-5,7-9H2,1-2H3,(H,16,17)(H,18,19). The molecule has 4 nitrogen and oxygen atoms in total. The van der Waals surface area contributed by atoms with Gasteiger partial charge in [0, 0.05) is 6.54 Å². The molecule has 2 aliphatic carbocycles. The number of nitrogens with one attached hydrogen (secondary N) is 1. The van der Waals surface area contributed by atoms with Gasteiger partial charge in [0.05, 0.1) is 11.8 Å². The average Bonchev–Trinajstić information content (AvgIpc) is 2.94. The first-order valence-electron chi connectivity index (χ1n) is 7.13. The van der Waals surface area contributed by atoms with E-state index in [4.69, 9.17) is 5.11 Å². The van der Waals surface area contributed by atoms with Crippen LogP contribution in [0.15, 0.2) is 11.6 Å². The molecule has 0 aromatic heterocycles. The van der Waals surface area contributed by atoms with E-state index in [2.05, 4.69) is 11.4 Å². The molecule has 0 spiro atoms. The Morgan fingerprint density at radius 1 is 1.37 bits per heavy atom. The van der Waals surface area contributed by atoms with Crippen LogP contribution < -0.4 is 5.32 Å². The summed E-state index contributed by atoms with van der Waals surface area (Å²) in [5, 5.41) is 11.9. The fourth-order valence-corrected chi connectivity index (χ4v) is 3.18. The van der Waals surface area contributed by atoms with Gasteiger partial charge in [0.25, 0.3) is 0 Å². The van der Waals surface area contributed by atoms with Crippen LogP contribution in [0.2, 0.25) is 0 Å². The minimum absolute atomic E-state index is 0.103. The Kier molecular flexibility index (Phi) is 3.97. The number of carboxylic acids is 1. The van der Waals surface area contributed by atoms with Crippen molar-refractivity contribution < 1.29 is 14.7 Å². The van der Waals surface area contributed by atoms with Crippen LogP contribution in [-0.4, -0.2) is 23.5 Å². The first kappa shape index (κ1) is 14.1. The van der Waals surface area contributed by atoms with E-state index in [1.807, 2.05) is 13.8 Å². The fourth-order valence-electron chi connectivity index (χ4n) is 3.18. The molecule has 0 aromatic carbocycles. The van der Waals surface area contributed by atoms with Crippen molar-refractivity contribution in [2.45, 2.75) is 46.0 Å². The quantitative estimate of drug-likeness (QED) is 0.750. The highest BCUT2D eigenvalue weighted by molar-refractivity contribution is 5.91. The van der Waals surface area contributed by atoms with Crippen molar-refractivity contribution in [2.75, 3.05) is 6.54 Å². The average molecular weight is 265 g/mol. The summed E-state index contributed by atoms with van der Waals surface area (Å²) in [4.78, 5) is 23.0. The van der Waals surface area contributed by atoms with Gasteiger partial charge >= 0.3 is 5.97 Å². The molecule has 106 valence electrons. The Morgan fingerprint density at radius 2 is 2.11 bits per heavy atom. The number of carbonyl (C=O) groups excluding carboxylic acids is 1. The number of amides is 1. The molecule has 0 bridgehead atoms. The van der Waals surface area contributed by atoms with Gasteiger partial charge in [-0.15, -0.1) is 0 Å². The van der Waals surface area contributed by atoms with Gasteiger partial charge in [-0.05, 0) is 37.5 Å². The highest BCUT2D eigenvalue weighted by atomic mass is 16.4. The monoisotopic (exact) mass is 265 g/mol. The molecule has 1 saturated carbocycles. The summed E-state index contributed by atoms with van der Waals surface area (Å²) >= 11 is 0. The number of carboxylic acid groups (broad SMARTS) is 1. The summed E-state index contributed by atoms with van der Waals surface area (Å²) in [7, 11) is 0. The van der Waals surface area contributed by atoms with Crippen LogP contribution in [0.4, 0.5) is 0 Å². The third kappa shape index (κ3) is 2.99. The predicted octanol–water partition coefficient (Wildman–Crippen LogP) is 2.35. The van der Waals surface area contributed by atoms with Gasteiger partial charge < -0.3 is 10.4 Å². The van der Waals surface area contributed by atoms with Crippen LogP contribution in [0.5, 0.6) is 0 Å². The molecular formula is C15H23NO3. The zero-order chi connectivity index (χ0) is 14.0. The maximum atomic E-state index is 12.0. The van der Waals surface area contributed by atoms with Gasteiger partial charge in [-0.25, -0.2) is 0 Å². The van der Waals surface area contributed by atoms with E-state index in [-0.39, 0.29) is 11.8 Å². The van der Waals surface area contributed by atoms with Crippen LogP contribution in [0, 0.1) is 17.3 Å². The van der Waals surface area contributed by atoms with Crippen molar-refractivity contribution in [1.29, 1.82) is 0 Å². The minimum Gasteiger partial charge on any atom is -0.481 e. The van der Waals surface area contributed by atoms with E-state index in [0.29, 0.717) is 6.54 Å². The van der Waals surface area contributed by atoms with E-state index in [1.165, 1.54) is 18.4 Å². The van der Waals surface area contributed by atoms with Crippen molar-refractivity contribution in [1.82, 2.24) is 5.32 Å².